The third-order valence-corrected chi connectivity index (χ3v) is 4.69. The first-order chi connectivity index (χ1) is 12.2. The van der Waals surface area contributed by atoms with E-state index in [1.165, 1.54) is 11.7 Å². The predicted molar refractivity (Wildman–Crippen MR) is 95.4 cm³/mol. The summed E-state index contributed by atoms with van der Waals surface area (Å²) in [7, 11) is 1.48. The largest absolute Gasteiger partial charge is 0.405 e. The van der Waals surface area contributed by atoms with E-state index < -0.39 is 18.6 Å². The van der Waals surface area contributed by atoms with Gasteiger partial charge >= 0.3 is 6.18 Å². The summed E-state index contributed by atoms with van der Waals surface area (Å²) >= 11 is 4.19. The molecule has 0 spiro atoms. The van der Waals surface area contributed by atoms with Gasteiger partial charge in [-0.05, 0) is 18.2 Å². The van der Waals surface area contributed by atoms with E-state index in [1.54, 1.807) is 23.5 Å². The molecule has 142 valence electrons. The Labute approximate surface area is 159 Å². The van der Waals surface area contributed by atoms with Gasteiger partial charge in [-0.3, -0.25) is 14.2 Å². The molecule has 1 heterocycles. The highest BCUT2D eigenvalue weighted by Crippen LogP contribution is 2.20. The lowest BCUT2D eigenvalue weighted by molar-refractivity contribution is -0.136. The zero-order valence-electron chi connectivity index (χ0n) is 13.6. The van der Waals surface area contributed by atoms with Crippen molar-refractivity contribution >= 4 is 44.5 Å². The van der Waals surface area contributed by atoms with Gasteiger partial charge in [0, 0.05) is 11.6 Å². The number of halogens is 4. The fourth-order valence-electron chi connectivity index (χ4n) is 2.04. The van der Waals surface area contributed by atoms with Crippen molar-refractivity contribution in [3.8, 4) is 0 Å². The number of carbonyl (C=O) groups is 1. The van der Waals surface area contributed by atoms with E-state index in [9.17, 15) is 22.8 Å². The number of amides is 1. The molecule has 1 aromatic carbocycles. The van der Waals surface area contributed by atoms with Crippen molar-refractivity contribution in [3.63, 3.8) is 0 Å². The number of ether oxygens (including phenoxy) is 1. The maximum absolute atomic E-state index is 12.7. The van der Waals surface area contributed by atoms with Crippen LogP contribution in [0.4, 0.5) is 13.2 Å². The van der Waals surface area contributed by atoms with Crippen LogP contribution >= 0.6 is 27.7 Å². The molecule has 1 aromatic heterocycles. The molecule has 6 nitrogen and oxygen atoms in total. The van der Waals surface area contributed by atoms with Gasteiger partial charge in [0.05, 0.1) is 29.8 Å². The van der Waals surface area contributed by atoms with Gasteiger partial charge in [-0.2, -0.15) is 13.2 Å². The highest BCUT2D eigenvalue weighted by Gasteiger charge is 2.27. The Bertz CT molecular complexity index is 858. The molecule has 0 saturated carbocycles. The summed E-state index contributed by atoms with van der Waals surface area (Å²) in [5, 5.41) is 2.41. The van der Waals surface area contributed by atoms with Crippen LogP contribution < -0.4 is 10.9 Å². The zero-order chi connectivity index (χ0) is 19.3. The molecular formula is C15H15BrF3N3O3S. The maximum Gasteiger partial charge on any atom is 0.405 e. The van der Waals surface area contributed by atoms with Gasteiger partial charge in [-0.1, -0.05) is 27.7 Å². The third-order valence-electron chi connectivity index (χ3n) is 3.22. The summed E-state index contributed by atoms with van der Waals surface area (Å²) < 4.78 is 43.5. The number of alkyl halides is 3. The van der Waals surface area contributed by atoms with Gasteiger partial charge in [-0.25, -0.2) is 4.98 Å². The van der Waals surface area contributed by atoms with Crippen LogP contribution in [0.15, 0.2) is 32.6 Å². The molecule has 26 heavy (non-hydrogen) atoms. The summed E-state index contributed by atoms with van der Waals surface area (Å²) in [6.07, 6.45) is -4.48. The van der Waals surface area contributed by atoms with E-state index in [0.29, 0.717) is 15.4 Å². The second-order valence-electron chi connectivity index (χ2n) is 5.19. The van der Waals surface area contributed by atoms with Crippen LogP contribution in [-0.2, 0) is 16.1 Å². The minimum absolute atomic E-state index is 0.206. The van der Waals surface area contributed by atoms with Crippen molar-refractivity contribution in [1.82, 2.24) is 14.9 Å². The number of benzene rings is 1. The molecule has 1 amide bonds. The smallest absolute Gasteiger partial charge is 0.383 e. The van der Waals surface area contributed by atoms with Gasteiger partial charge in [0.15, 0.2) is 5.16 Å². The van der Waals surface area contributed by atoms with Gasteiger partial charge in [-0.15, -0.1) is 0 Å². The van der Waals surface area contributed by atoms with Crippen molar-refractivity contribution in [2.24, 2.45) is 0 Å². The van der Waals surface area contributed by atoms with Crippen molar-refractivity contribution in [2.75, 3.05) is 26.0 Å². The van der Waals surface area contributed by atoms with Crippen LogP contribution in [0, 0.1) is 0 Å². The first kappa shape index (κ1) is 20.7. The number of hydrogen-bond donors (Lipinski definition) is 1. The first-order valence-electron chi connectivity index (χ1n) is 7.36. The standard InChI is InChI=1S/C15H15BrF3N3O3S/c1-25-5-4-22-13(24)10-6-9(16)2-3-11(10)21-14(22)26-7-12(23)20-8-15(17,18)19/h2-3,6H,4-5,7-8H2,1H3,(H,20,23). The summed E-state index contributed by atoms with van der Waals surface area (Å²) in [6.45, 7) is -0.950. The third kappa shape index (κ3) is 5.71. The number of nitrogens with one attached hydrogen (secondary N) is 1. The molecular weight excluding hydrogens is 439 g/mol. The van der Waals surface area contributed by atoms with Crippen LogP contribution in [0.3, 0.4) is 0 Å². The normalized spacial score (nSPS) is 11.7. The van der Waals surface area contributed by atoms with E-state index in [4.69, 9.17) is 4.74 Å². The number of methoxy groups -OCH3 is 1. The molecule has 1 N–H and O–H groups in total. The number of nitrogens with zero attached hydrogens (tertiary/aromatic N) is 2. The van der Waals surface area contributed by atoms with E-state index >= 15 is 0 Å². The number of fused-ring (bicyclic) bond motifs is 1. The number of hydrogen-bond acceptors (Lipinski definition) is 5. The van der Waals surface area contributed by atoms with Crippen LogP contribution in [0.1, 0.15) is 0 Å². The molecule has 0 aliphatic carbocycles. The van der Waals surface area contributed by atoms with E-state index in [1.807, 2.05) is 0 Å². The topological polar surface area (TPSA) is 73.2 Å². The number of carbonyl (C=O) groups excluding carboxylic acids is 1. The van der Waals surface area contributed by atoms with Crippen molar-refractivity contribution in [2.45, 2.75) is 17.9 Å². The zero-order valence-corrected chi connectivity index (χ0v) is 16.0. The lowest BCUT2D eigenvalue weighted by atomic mass is 10.2. The average molecular weight is 454 g/mol. The highest BCUT2D eigenvalue weighted by atomic mass is 79.9. The fourth-order valence-corrected chi connectivity index (χ4v) is 3.26. The van der Waals surface area contributed by atoms with E-state index in [2.05, 4.69) is 20.9 Å². The van der Waals surface area contributed by atoms with Crippen molar-refractivity contribution in [1.29, 1.82) is 0 Å². The summed E-state index contributed by atoms with van der Waals surface area (Å²) in [5.74, 6) is -1.09. The number of aromatic nitrogens is 2. The molecule has 2 aromatic rings. The van der Waals surface area contributed by atoms with Crippen molar-refractivity contribution in [3.05, 3.63) is 33.0 Å². The summed E-state index contributed by atoms with van der Waals surface area (Å²) in [5.41, 5.74) is 0.122. The van der Waals surface area contributed by atoms with E-state index in [-0.39, 0.29) is 29.6 Å². The lowest BCUT2D eigenvalue weighted by Gasteiger charge is -2.13. The quantitative estimate of drug-likeness (QED) is 0.515. The molecule has 0 radical (unpaired) electrons. The van der Waals surface area contributed by atoms with Crippen LogP contribution in [-0.4, -0.2) is 47.6 Å². The Morgan fingerprint density at radius 3 is 2.81 bits per heavy atom. The monoisotopic (exact) mass is 453 g/mol. The van der Waals surface area contributed by atoms with Gasteiger partial charge in [0.2, 0.25) is 5.91 Å². The Kier molecular flexibility index (Phi) is 7.07. The molecule has 2 rings (SSSR count). The Morgan fingerprint density at radius 1 is 1.42 bits per heavy atom. The minimum atomic E-state index is -4.48. The van der Waals surface area contributed by atoms with Crippen LogP contribution in [0.2, 0.25) is 0 Å². The first-order valence-corrected chi connectivity index (χ1v) is 9.14. The molecule has 0 bridgehead atoms. The molecule has 0 fully saturated rings. The molecule has 0 saturated heterocycles. The van der Waals surface area contributed by atoms with E-state index in [0.717, 1.165) is 11.8 Å². The highest BCUT2D eigenvalue weighted by molar-refractivity contribution is 9.10. The van der Waals surface area contributed by atoms with Crippen molar-refractivity contribution < 1.29 is 22.7 Å². The van der Waals surface area contributed by atoms with Gasteiger partial charge < -0.3 is 10.1 Å². The van der Waals surface area contributed by atoms with Crippen LogP contribution in [0.5, 0.6) is 0 Å². The fraction of sp³-hybridized carbons (Fsp3) is 0.400. The molecule has 11 heteroatoms. The van der Waals surface area contributed by atoms with Gasteiger partial charge in [0.1, 0.15) is 6.54 Å². The lowest BCUT2D eigenvalue weighted by Crippen LogP contribution is -2.35. The molecule has 0 aliphatic heterocycles. The van der Waals surface area contributed by atoms with Gasteiger partial charge in [0.25, 0.3) is 5.56 Å². The average Bonchev–Trinajstić information content (AvgIpc) is 2.57. The SMILES string of the molecule is COCCn1c(SCC(=O)NCC(F)(F)F)nc2ccc(Br)cc2c1=O. The van der Waals surface area contributed by atoms with Crippen LogP contribution in [0.25, 0.3) is 10.9 Å². The summed E-state index contributed by atoms with van der Waals surface area (Å²) in [4.78, 5) is 28.7. The number of thioether (sulfide) groups is 1. The second kappa shape index (κ2) is 8.87. The Balaban J connectivity index is 2.25. The molecule has 0 unspecified atom stereocenters. The minimum Gasteiger partial charge on any atom is -0.383 e. The molecule has 0 atom stereocenters. The summed E-state index contributed by atoms with van der Waals surface area (Å²) in [6, 6.07) is 5.01. The number of rotatable bonds is 7. The Morgan fingerprint density at radius 2 is 2.15 bits per heavy atom. The maximum atomic E-state index is 12.7. The molecule has 0 aliphatic rings. The second-order valence-corrected chi connectivity index (χ2v) is 7.04. The Hall–Kier alpha value is -1.59. The predicted octanol–water partition coefficient (Wildman–Crippen LogP) is 2.58.